The monoisotopic (exact) mass is 438 g/mol. The second-order valence-corrected chi connectivity index (χ2v) is 7.92. The summed E-state index contributed by atoms with van der Waals surface area (Å²) >= 11 is 0. The summed E-state index contributed by atoms with van der Waals surface area (Å²) in [4.78, 5) is 11.2. The number of rotatable bonds is 5. The van der Waals surface area contributed by atoms with Crippen LogP contribution < -0.4 is 10.5 Å². The lowest BCUT2D eigenvalue weighted by molar-refractivity contribution is 0.277. The number of nitrogens with two attached hydrogens (primary N) is 1. The number of anilines is 1. The molecule has 2 aromatic carbocycles. The summed E-state index contributed by atoms with van der Waals surface area (Å²) in [6, 6.07) is 12.9. The maximum Gasteiger partial charge on any atom is 0.164 e. The molecule has 1 atom stereocenters. The molecule has 162 valence electrons. The van der Waals surface area contributed by atoms with Gasteiger partial charge in [0.2, 0.25) is 0 Å². The number of likely N-dealkylation sites (N-methyl/N-ethyl adjacent to an activating group) is 1. The van der Waals surface area contributed by atoms with Crippen molar-refractivity contribution < 1.29 is 4.74 Å². The Morgan fingerprint density at radius 3 is 2.71 bits per heavy atom. The molecule has 0 unspecified atom stereocenters. The van der Waals surface area contributed by atoms with Crippen LogP contribution in [0.3, 0.4) is 0 Å². The van der Waals surface area contributed by atoms with Gasteiger partial charge in [0, 0.05) is 11.6 Å². The van der Waals surface area contributed by atoms with E-state index >= 15 is 0 Å². The zero-order chi connectivity index (χ0) is 20.7. The fourth-order valence-electron chi connectivity index (χ4n) is 4.40. The van der Waals surface area contributed by atoms with E-state index in [0.29, 0.717) is 18.5 Å². The Balaban J connectivity index is 0.00000231. The number of halogens is 1. The molecule has 1 aliphatic heterocycles. The largest absolute Gasteiger partial charge is 0.494 e. The highest BCUT2D eigenvalue weighted by molar-refractivity contribution is 6.00. The lowest BCUT2D eigenvalue weighted by Gasteiger charge is -2.19. The fourth-order valence-corrected chi connectivity index (χ4v) is 4.40. The van der Waals surface area contributed by atoms with Gasteiger partial charge in [-0.3, -0.25) is 0 Å². The Hall–Kier alpha value is -2.90. The highest BCUT2D eigenvalue weighted by Crippen LogP contribution is 2.33. The third kappa shape index (κ3) is 3.91. The molecule has 4 aromatic rings. The molecule has 1 fully saturated rings. The van der Waals surface area contributed by atoms with Crippen LogP contribution in [-0.2, 0) is 6.54 Å². The van der Waals surface area contributed by atoms with Crippen molar-refractivity contribution in [2.75, 3.05) is 25.9 Å². The van der Waals surface area contributed by atoms with E-state index in [9.17, 15) is 0 Å². The number of hydrogen-bond acceptors (Lipinski definition) is 6. The standard InChI is InChI=1S/C23H26N6O.ClH/c1-3-30-19-9-8-15-11-17(7-6-16(15)12-19)21-20-22(24)25-14-26-23(20)29(27-21)13-18-5-4-10-28(18)2;/h6-9,11-12,14,18H,3-5,10,13H2,1-2H3,(H2,24,25,26);1H/t18-;/m1./s1. The zero-order valence-electron chi connectivity index (χ0n) is 17.8. The van der Waals surface area contributed by atoms with Gasteiger partial charge in [0.15, 0.2) is 5.65 Å². The minimum atomic E-state index is 0. The molecule has 0 radical (unpaired) electrons. The molecule has 0 aliphatic carbocycles. The highest BCUT2D eigenvalue weighted by Gasteiger charge is 2.24. The Morgan fingerprint density at radius 2 is 1.94 bits per heavy atom. The predicted octanol–water partition coefficient (Wildman–Crippen LogP) is 4.14. The van der Waals surface area contributed by atoms with E-state index in [-0.39, 0.29) is 12.4 Å². The van der Waals surface area contributed by atoms with E-state index in [1.165, 1.54) is 19.2 Å². The first kappa shape index (κ1) is 21.3. The predicted molar refractivity (Wildman–Crippen MR) is 127 cm³/mol. The van der Waals surface area contributed by atoms with E-state index in [0.717, 1.165) is 51.9 Å². The average Bonchev–Trinajstić information content (AvgIpc) is 3.33. The molecule has 3 heterocycles. The number of hydrogen-bond donors (Lipinski definition) is 1. The summed E-state index contributed by atoms with van der Waals surface area (Å²) in [6.45, 7) is 4.57. The normalized spacial score (nSPS) is 16.6. The lowest BCUT2D eigenvalue weighted by Crippen LogP contribution is -2.29. The molecule has 7 nitrogen and oxygen atoms in total. The van der Waals surface area contributed by atoms with Crippen molar-refractivity contribution in [2.45, 2.75) is 32.4 Å². The number of fused-ring (bicyclic) bond motifs is 2. The van der Waals surface area contributed by atoms with Crippen LogP contribution in [0.25, 0.3) is 33.1 Å². The smallest absolute Gasteiger partial charge is 0.164 e. The molecule has 2 aromatic heterocycles. The molecule has 5 rings (SSSR count). The van der Waals surface area contributed by atoms with Crippen molar-refractivity contribution in [2.24, 2.45) is 0 Å². The van der Waals surface area contributed by atoms with Gasteiger partial charge in [-0.05, 0) is 62.3 Å². The van der Waals surface area contributed by atoms with Gasteiger partial charge in [-0.15, -0.1) is 12.4 Å². The first-order valence-electron chi connectivity index (χ1n) is 10.5. The number of ether oxygens (including phenoxy) is 1. The first-order valence-corrected chi connectivity index (χ1v) is 10.5. The number of nitrogens with zero attached hydrogens (tertiary/aromatic N) is 5. The molecule has 0 bridgehead atoms. The summed E-state index contributed by atoms with van der Waals surface area (Å²) in [7, 11) is 2.17. The summed E-state index contributed by atoms with van der Waals surface area (Å²) in [5.74, 6) is 1.35. The third-order valence-corrected chi connectivity index (χ3v) is 6.01. The van der Waals surface area contributed by atoms with Crippen LogP contribution in [0.2, 0.25) is 0 Å². The fraction of sp³-hybridized carbons (Fsp3) is 0.348. The number of benzene rings is 2. The number of nitrogen functional groups attached to an aromatic ring is 1. The summed E-state index contributed by atoms with van der Waals surface area (Å²) in [6.07, 6.45) is 3.91. The zero-order valence-corrected chi connectivity index (χ0v) is 18.6. The van der Waals surface area contributed by atoms with Gasteiger partial charge in [0.05, 0.1) is 18.5 Å². The molecular weight excluding hydrogens is 412 g/mol. The van der Waals surface area contributed by atoms with Gasteiger partial charge in [0.1, 0.15) is 23.6 Å². The maximum atomic E-state index is 6.28. The van der Waals surface area contributed by atoms with E-state index < -0.39 is 0 Å². The average molecular weight is 439 g/mol. The van der Waals surface area contributed by atoms with Crippen LogP contribution in [0.4, 0.5) is 5.82 Å². The van der Waals surface area contributed by atoms with Crippen LogP contribution in [0, 0.1) is 0 Å². The summed E-state index contributed by atoms with van der Waals surface area (Å²) < 4.78 is 7.62. The van der Waals surface area contributed by atoms with E-state index in [4.69, 9.17) is 15.6 Å². The molecule has 31 heavy (non-hydrogen) atoms. The third-order valence-electron chi connectivity index (χ3n) is 6.01. The van der Waals surface area contributed by atoms with Crippen molar-refractivity contribution in [1.29, 1.82) is 0 Å². The topological polar surface area (TPSA) is 82.1 Å². The summed E-state index contributed by atoms with van der Waals surface area (Å²) in [5.41, 5.74) is 8.92. The molecule has 2 N–H and O–H groups in total. The van der Waals surface area contributed by atoms with Crippen molar-refractivity contribution in [3.05, 3.63) is 42.7 Å². The van der Waals surface area contributed by atoms with Gasteiger partial charge in [-0.2, -0.15) is 5.10 Å². The van der Waals surface area contributed by atoms with Gasteiger partial charge in [0.25, 0.3) is 0 Å². The van der Waals surface area contributed by atoms with Crippen LogP contribution >= 0.6 is 12.4 Å². The second-order valence-electron chi connectivity index (χ2n) is 7.92. The van der Waals surface area contributed by atoms with Crippen LogP contribution in [0.15, 0.2) is 42.7 Å². The van der Waals surface area contributed by atoms with Crippen LogP contribution in [0.5, 0.6) is 5.75 Å². The van der Waals surface area contributed by atoms with Gasteiger partial charge in [-0.1, -0.05) is 18.2 Å². The van der Waals surface area contributed by atoms with Crippen LogP contribution in [0.1, 0.15) is 19.8 Å². The van der Waals surface area contributed by atoms with E-state index in [2.05, 4.69) is 52.2 Å². The minimum Gasteiger partial charge on any atom is -0.494 e. The lowest BCUT2D eigenvalue weighted by atomic mass is 10.0. The second kappa shape index (κ2) is 8.69. The Morgan fingerprint density at radius 1 is 1.13 bits per heavy atom. The molecule has 1 aliphatic rings. The Bertz CT molecular complexity index is 1220. The SMILES string of the molecule is CCOc1ccc2cc(-c3nn(C[C@H]4CCCN4C)c4ncnc(N)c34)ccc2c1.Cl. The first-order chi connectivity index (χ1) is 14.6. The van der Waals surface area contributed by atoms with Gasteiger partial charge >= 0.3 is 0 Å². The minimum absolute atomic E-state index is 0. The molecule has 0 amide bonds. The van der Waals surface area contributed by atoms with Crippen molar-refractivity contribution >= 4 is 40.0 Å². The highest BCUT2D eigenvalue weighted by atomic mass is 35.5. The maximum absolute atomic E-state index is 6.28. The Kier molecular flexibility index (Phi) is 5.98. The Labute approximate surface area is 187 Å². The van der Waals surface area contributed by atoms with Crippen molar-refractivity contribution in [3.8, 4) is 17.0 Å². The summed E-state index contributed by atoms with van der Waals surface area (Å²) in [5, 5.41) is 8.04. The van der Waals surface area contributed by atoms with Gasteiger partial charge < -0.3 is 15.4 Å². The molecule has 0 saturated carbocycles. The molecule has 8 heteroatoms. The van der Waals surface area contributed by atoms with Gasteiger partial charge in [-0.25, -0.2) is 14.6 Å². The number of likely N-dealkylation sites (tertiary alicyclic amines) is 1. The molecule has 1 saturated heterocycles. The quantitative estimate of drug-likeness (QED) is 0.504. The number of aromatic nitrogens is 4. The van der Waals surface area contributed by atoms with Crippen molar-refractivity contribution in [1.82, 2.24) is 24.6 Å². The molecular formula is C23H27ClN6O. The molecule has 0 spiro atoms. The van der Waals surface area contributed by atoms with E-state index in [1.54, 1.807) is 0 Å². The van der Waals surface area contributed by atoms with E-state index in [1.807, 2.05) is 17.7 Å². The van der Waals surface area contributed by atoms with Crippen LogP contribution in [-0.4, -0.2) is 50.9 Å². The van der Waals surface area contributed by atoms with Crippen molar-refractivity contribution in [3.63, 3.8) is 0 Å².